The van der Waals surface area contributed by atoms with E-state index in [0.29, 0.717) is 0 Å². The van der Waals surface area contributed by atoms with E-state index >= 15 is 0 Å². The molecule has 0 aliphatic carbocycles. The summed E-state index contributed by atoms with van der Waals surface area (Å²) >= 11 is 6.91. The lowest BCUT2D eigenvalue weighted by Crippen LogP contribution is -2.21. The summed E-state index contributed by atoms with van der Waals surface area (Å²) in [7, 11) is 0. The van der Waals surface area contributed by atoms with Crippen LogP contribution in [0.1, 0.15) is 16.1 Å². The Morgan fingerprint density at radius 1 is 1.59 bits per heavy atom. The van der Waals surface area contributed by atoms with E-state index in [1.807, 2.05) is 0 Å². The molecule has 1 N–H and O–H groups in total. The van der Waals surface area contributed by atoms with Gasteiger partial charge < -0.3 is 9.84 Å². The number of hydrogen-bond donors (Lipinski definition) is 1. The van der Waals surface area contributed by atoms with Crippen LogP contribution < -0.4 is 4.74 Å². The van der Waals surface area contributed by atoms with Crippen LogP contribution in [0.2, 0.25) is 0 Å². The summed E-state index contributed by atoms with van der Waals surface area (Å²) in [5.41, 5.74) is -0.858. The highest BCUT2D eigenvalue weighted by molar-refractivity contribution is 14.1. The number of rotatable bonds is 3. The van der Waals surface area contributed by atoms with Gasteiger partial charge >= 0.3 is 12.3 Å². The summed E-state index contributed by atoms with van der Waals surface area (Å²) in [6.07, 6.45) is -3.92. The maximum atomic E-state index is 12.1. The Morgan fingerprint density at radius 2 is 2.18 bits per heavy atom. The van der Waals surface area contributed by atoms with Crippen LogP contribution in [0, 0.1) is 3.57 Å². The van der Waals surface area contributed by atoms with Crippen molar-refractivity contribution in [1.82, 2.24) is 4.98 Å². The monoisotopic (exact) mass is 381 g/mol. The number of carboxylic acids is 1. The molecule has 0 unspecified atom stereocenters. The van der Waals surface area contributed by atoms with Crippen LogP contribution in [0.25, 0.3) is 0 Å². The highest BCUT2D eigenvalue weighted by Gasteiger charge is 2.35. The Hall–Kier alpha value is -0.770. The maximum Gasteiger partial charge on any atom is 0.573 e. The molecule has 0 spiro atoms. The molecule has 0 saturated heterocycles. The van der Waals surface area contributed by atoms with Crippen LogP contribution >= 0.6 is 34.2 Å². The number of aromatic nitrogens is 1. The molecule has 0 aliphatic heterocycles. The maximum absolute atomic E-state index is 12.1. The van der Waals surface area contributed by atoms with E-state index in [-0.39, 0.29) is 15.1 Å². The number of nitrogens with zero attached hydrogens (tertiary/aromatic N) is 1. The van der Waals surface area contributed by atoms with E-state index in [1.165, 1.54) is 22.6 Å². The number of halogens is 5. The molecule has 1 aromatic heterocycles. The van der Waals surface area contributed by atoms with E-state index in [0.717, 1.165) is 6.20 Å². The first-order valence-electron chi connectivity index (χ1n) is 3.98. The number of alkyl halides is 4. The molecular formula is C8H4ClF3INO3. The van der Waals surface area contributed by atoms with E-state index in [1.54, 1.807) is 0 Å². The summed E-state index contributed by atoms with van der Waals surface area (Å²) in [6, 6.07) is 0. The molecule has 17 heavy (non-hydrogen) atoms. The van der Waals surface area contributed by atoms with Gasteiger partial charge in [-0.25, -0.2) is 4.79 Å². The van der Waals surface area contributed by atoms with Gasteiger partial charge in [-0.1, -0.05) is 0 Å². The van der Waals surface area contributed by atoms with Crippen LogP contribution in [0.15, 0.2) is 6.20 Å². The van der Waals surface area contributed by atoms with Crippen molar-refractivity contribution in [2.45, 2.75) is 12.2 Å². The van der Waals surface area contributed by atoms with Gasteiger partial charge in [-0.3, -0.25) is 4.98 Å². The van der Waals surface area contributed by atoms with E-state index in [4.69, 9.17) is 16.7 Å². The molecule has 1 heterocycles. The van der Waals surface area contributed by atoms with Crippen molar-refractivity contribution >= 4 is 40.2 Å². The molecule has 4 nitrogen and oxygen atoms in total. The minimum absolute atomic E-state index is 0.0637. The first-order valence-corrected chi connectivity index (χ1v) is 5.60. The summed E-state index contributed by atoms with van der Waals surface area (Å²) < 4.78 is 40.0. The lowest BCUT2D eigenvalue weighted by Gasteiger charge is -2.14. The molecule has 0 aromatic carbocycles. The Kier molecular flexibility index (Phi) is 4.42. The fraction of sp³-hybridized carbons (Fsp3) is 0.250. The van der Waals surface area contributed by atoms with E-state index in [2.05, 4.69) is 9.72 Å². The van der Waals surface area contributed by atoms with Gasteiger partial charge in [0.25, 0.3) is 0 Å². The van der Waals surface area contributed by atoms with Crippen LogP contribution in [-0.2, 0) is 5.88 Å². The average Bonchev–Trinajstić information content (AvgIpc) is 2.18. The third kappa shape index (κ3) is 3.60. The highest BCUT2D eigenvalue weighted by atomic mass is 127. The lowest BCUT2D eigenvalue weighted by molar-refractivity contribution is -0.275. The normalized spacial score (nSPS) is 11.4. The van der Waals surface area contributed by atoms with Gasteiger partial charge in [-0.2, -0.15) is 0 Å². The summed E-state index contributed by atoms with van der Waals surface area (Å²) in [6.45, 7) is 0. The molecule has 0 radical (unpaired) electrons. The second-order valence-corrected chi connectivity index (χ2v) is 4.17. The topological polar surface area (TPSA) is 59.4 Å². The Morgan fingerprint density at radius 3 is 2.59 bits per heavy atom. The number of carboxylic acid groups (broad SMARTS) is 1. The molecule has 0 atom stereocenters. The van der Waals surface area contributed by atoms with Crippen LogP contribution in [-0.4, -0.2) is 22.4 Å². The number of hydrogen-bond acceptors (Lipinski definition) is 3. The van der Waals surface area contributed by atoms with E-state index < -0.39 is 23.6 Å². The zero-order valence-electron chi connectivity index (χ0n) is 7.89. The summed E-state index contributed by atoms with van der Waals surface area (Å²) in [5.74, 6) is -2.70. The third-order valence-corrected chi connectivity index (χ3v) is 2.65. The fourth-order valence-corrected chi connectivity index (χ4v) is 1.77. The zero-order valence-corrected chi connectivity index (χ0v) is 10.8. The SMILES string of the molecule is O=C(O)c1c(CCl)ncc(I)c1OC(F)(F)F. The lowest BCUT2D eigenvalue weighted by atomic mass is 10.2. The molecule has 9 heteroatoms. The minimum Gasteiger partial charge on any atom is -0.477 e. The molecule has 0 amide bonds. The van der Waals surface area contributed by atoms with Gasteiger partial charge in [0, 0.05) is 6.20 Å². The third-order valence-electron chi connectivity index (χ3n) is 1.62. The van der Waals surface area contributed by atoms with Crippen molar-refractivity contribution in [3.63, 3.8) is 0 Å². The van der Waals surface area contributed by atoms with Gasteiger partial charge in [0.15, 0.2) is 5.75 Å². The van der Waals surface area contributed by atoms with Gasteiger partial charge in [0.05, 0.1) is 15.1 Å². The van der Waals surface area contributed by atoms with Crippen LogP contribution in [0.5, 0.6) is 5.75 Å². The Balaban J connectivity index is 3.39. The van der Waals surface area contributed by atoms with Crippen molar-refractivity contribution < 1.29 is 27.8 Å². The number of carbonyl (C=O) groups is 1. The van der Waals surface area contributed by atoms with Gasteiger partial charge in [0.1, 0.15) is 5.56 Å². The van der Waals surface area contributed by atoms with Crippen molar-refractivity contribution in [2.24, 2.45) is 0 Å². The van der Waals surface area contributed by atoms with Crippen molar-refractivity contribution in [3.8, 4) is 5.75 Å². The summed E-state index contributed by atoms with van der Waals surface area (Å²) in [4.78, 5) is 14.5. The standard InChI is InChI=1S/C8H4ClF3INO3/c9-1-4-5(7(15)16)6(3(13)2-14-4)17-8(10,11)12/h2H,1H2,(H,15,16). The second-order valence-electron chi connectivity index (χ2n) is 2.74. The molecule has 1 rings (SSSR count). The molecule has 1 aromatic rings. The largest absolute Gasteiger partial charge is 0.573 e. The predicted octanol–water partition coefficient (Wildman–Crippen LogP) is 3.02. The molecule has 0 fully saturated rings. The van der Waals surface area contributed by atoms with Gasteiger partial charge in [-0.15, -0.1) is 24.8 Å². The quantitative estimate of drug-likeness (QED) is 0.646. The van der Waals surface area contributed by atoms with Crippen molar-refractivity contribution in [3.05, 3.63) is 21.0 Å². The second kappa shape index (κ2) is 5.25. The van der Waals surface area contributed by atoms with Crippen molar-refractivity contribution in [2.75, 3.05) is 0 Å². The highest BCUT2D eigenvalue weighted by Crippen LogP contribution is 2.32. The molecule has 0 aliphatic rings. The number of aromatic carboxylic acids is 1. The predicted molar refractivity (Wildman–Crippen MR) is 60.2 cm³/mol. The number of pyridine rings is 1. The smallest absolute Gasteiger partial charge is 0.477 e. The molecule has 0 bridgehead atoms. The first kappa shape index (κ1) is 14.3. The van der Waals surface area contributed by atoms with Crippen LogP contribution in [0.4, 0.5) is 13.2 Å². The van der Waals surface area contributed by atoms with E-state index in [9.17, 15) is 18.0 Å². The first-order chi connectivity index (χ1) is 7.76. The molecule has 0 saturated carbocycles. The van der Waals surface area contributed by atoms with Gasteiger partial charge in [-0.05, 0) is 22.6 Å². The zero-order chi connectivity index (χ0) is 13.2. The molecular weight excluding hydrogens is 377 g/mol. The summed E-state index contributed by atoms with van der Waals surface area (Å²) in [5, 5.41) is 8.85. The van der Waals surface area contributed by atoms with Gasteiger partial charge in [0.2, 0.25) is 0 Å². The minimum atomic E-state index is -4.98. The number of ether oxygens (including phenoxy) is 1. The fourth-order valence-electron chi connectivity index (χ4n) is 1.05. The van der Waals surface area contributed by atoms with Crippen LogP contribution in [0.3, 0.4) is 0 Å². The Labute approximate surface area is 112 Å². The average molecular weight is 381 g/mol. The Bertz CT molecular complexity index is 452. The van der Waals surface area contributed by atoms with Crippen molar-refractivity contribution in [1.29, 1.82) is 0 Å². The molecule has 94 valence electrons.